The Hall–Kier alpha value is -2.37. The molecule has 1 aliphatic rings. The van der Waals surface area contributed by atoms with Gasteiger partial charge in [-0.1, -0.05) is 48.0 Å². The number of aryl methyl sites for hydroxylation is 1. The van der Waals surface area contributed by atoms with Gasteiger partial charge in [0.1, 0.15) is 0 Å². The van der Waals surface area contributed by atoms with Crippen LogP contribution in [0.2, 0.25) is 5.02 Å². The van der Waals surface area contributed by atoms with E-state index in [2.05, 4.69) is 10.6 Å². The first-order chi connectivity index (χ1) is 12.5. The van der Waals surface area contributed by atoms with E-state index >= 15 is 0 Å². The van der Waals surface area contributed by atoms with Crippen LogP contribution in [0.4, 0.5) is 5.69 Å². The van der Waals surface area contributed by atoms with Crippen molar-refractivity contribution in [2.45, 2.75) is 19.4 Å². The second kappa shape index (κ2) is 8.34. The molecule has 1 saturated heterocycles. The van der Waals surface area contributed by atoms with Crippen LogP contribution < -0.4 is 10.6 Å². The fourth-order valence-electron chi connectivity index (χ4n) is 3.16. The van der Waals surface area contributed by atoms with Crippen LogP contribution in [0, 0.1) is 6.92 Å². The predicted molar refractivity (Wildman–Crippen MR) is 103 cm³/mol. The van der Waals surface area contributed by atoms with Crippen molar-refractivity contribution in [2.75, 3.05) is 25.0 Å². The van der Waals surface area contributed by atoms with Crippen molar-refractivity contribution >= 4 is 29.1 Å². The molecule has 0 radical (unpaired) electrons. The first kappa shape index (κ1) is 18.4. The Morgan fingerprint density at radius 1 is 1.27 bits per heavy atom. The molecule has 26 heavy (non-hydrogen) atoms. The summed E-state index contributed by atoms with van der Waals surface area (Å²) in [6.07, 6.45) is 0.336. The van der Waals surface area contributed by atoms with E-state index in [0.717, 1.165) is 11.1 Å². The lowest BCUT2D eigenvalue weighted by atomic mass is 10.0. The van der Waals surface area contributed by atoms with Crippen LogP contribution in [0.25, 0.3) is 0 Å². The Morgan fingerprint density at radius 3 is 2.77 bits per heavy atom. The first-order valence-corrected chi connectivity index (χ1v) is 9.02. The maximum Gasteiger partial charge on any atom is 0.238 e. The summed E-state index contributed by atoms with van der Waals surface area (Å²) in [5, 5.41) is 6.27. The largest absolute Gasteiger partial charge is 0.355 e. The fraction of sp³-hybridized carbons (Fsp3) is 0.300. The van der Waals surface area contributed by atoms with Gasteiger partial charge in [0.2, 0.25) is 11.8 Å². The average molecular weight is 372 g/mol. The summed E-state index contributed by atoms with van der Waals surface area (Å²) < 4.78 is 0. The van der Waals surface area contributed by atoms with E-state index in [1.54, 1.807) is 6.07 Å². The molecule has 1 atom stereocenters. The molecule has 0 saturated carbocycles. The number of nitrogens with one attached hydrogen (secondary N) is 2. The number of carbonyl (C=O) groups excluding carboxylic acids is 2. The highest BCUT2D eigenvalue weighted by molar-refractivity contribution is 6.33. The summed E-state index contributed by atoms with van der Waals surface area (Å²) in [7, 11) is 0. The summed E-state index contributed by atoms with van der Waals surface area (Å²) in [4.78, 5) is 26.6. The summed E-state index contributed by atoms with van der Waals surface area (Å²) in [6.45, 7) is 3.28. The minimum Gasteiger partial charge on any atom is -0.355 e. The molecule has 1 aliphatic heterocycles. The lowest BCUT2D eigenvalue weighted by Gasteiger charge is -2.28. The molecular weight excluding hydrogens is 350 g/mol. The van der Waals surface area contributed by atoms with Gasteiger partial charge >= 0.3 is 0 Å². The van der Waals surface area contributed by atoms with E-state index in [1.807, 2.05) is 54.3 Å². The lowest BCUT2D eigenvalue weighted by molar-refractivity contribution is -0.122. The highest BCUT2D eigenvalue weighted by atomic mass is 35.5. The number of nitrogens with zero attached hydrogens (tertiary/aromatic N) is 1. The number of anilines is 1. The molecule has 0 aliphatic carbocycles. The zero-order chi connectivity index (χ0) is 18.5. The average Bonchev–Trinajstić information content (AvgIpc) is 2.80. The van der Waals surface area contributed by atoms with E-state index in [1.165, 1.54) is 0 Å². The van der Waals surface area contributed by atoms with E-state index < -0.39 is 0 Å². The van der Waals surface area contributed by atoms with Crippen molar-refractivity contribution in [1.29, 1.82) is 0 Å². The minimum atomic E-state index is -0.147. The zero-order valence-corrected chi connectivity index (χ0v) is 15.4. The van der Waals surface area contributed by atoms with Crippen LogP contribution in [-0.4, -0.2) is 36.3 Å². The SMILES string of the molecule is Cc1ccc(NC(=O)CN2CCNC(=O)CC2c2ccccc2)c(Cl)c1. The standard InChI is InChI=1S/C20H22ClN3O2/c1-14-7-8-17(16(21)11-14)23-20(26)13-24-10-9-22-19(25)12-18(24)15-5-3-2-4-6-15/h2-8,11,18H,9-10,12-13H2,1H3,(H,22,25)(H,23,26). The number of hydrogen-bond acceptors (Lipinski definition) is 3. The normalized spacial score (nSPS) is 18.1. The van der Waals surface area contributed by atoms with Crippen molar-refractivity contribution in [1.82, 2.24) is 10.2 Å². The number of rotatable bonds is 4. The van der Waals surface area contributed by atoms with Gasteiger partial charge in [0.25, 0.3) is 0 Å². The van der Waals surface area contributed by atoms with Crippen LogP contribution in [0.1, 0.15) is 23.6 Å². The van der Waals surface area contributed by atoms with Gasteiger partial charge < -0.3 is 10.6 Å². The molecule has 1 fully saturated rings. The van der Waals surface area contributed by atoms with Crippen molar-refractivity contribution in [2.24, 2.45) is 0 Å². The third-order valence-electron chi connectivity index (χ3n) is 4.47. The molecule has 0 aromatic heterocycles. The second-order valence-corrected chi connectivity index (χ2v) is 6.89. The molecular formula is C20H22ClN3O2. The summed E-state index contributed by atoms with van der Waals surface area (Å²) in [6, 6.07) is 15.2. The lowest BCUT2D eigenvalue weighted by Crippen LogP contribution is -2.37. The van der Waals surface area contributed by atoms with Crippen LogP contribution in [0.5, 0.6) is 0 Å². The van der Waals surface area contributed by atoms with Gasteiger partial charge in [-0.05, 0) is 30.2 Å². The molecule has 3 rings (SSSR count). The molecule has 5 nitrogen and oxygen atoms in total. The van der Waals surface area contributed by atoms with Gasteiger partial charge in [0.15, 0.2) is 0 Å². The molecule has 6 heteroatoms. The van der Waals surface area contributed by atoms with Crippen LogP contribution in [0.15, 0.2) is 48.5 Å². The van der Waals surface area contributed by atoms with Gasteiger partial charge in [-0.15, -0.1) is 0 Å². The van der Waals surface area contributed by atoms with E-state index in [9.17, 15) is 9.59 Å². The van der Waals surface area contributed by atoms with Gasteiger partial charge in [0, 0.05) is 25.6 Å². The minimum absolute atomic E-state index is 0.00309. The third kappa shape index (κ3) is 4.62. The smallest absolute Gasteiger partial charge is 0.238 e. The first-order valence-electron chi connectivity index (χ1n) is 8.64. The number of hydrogen-bond donors (Lipinski definition) is 2. The maximum absolute atomic E-state index is 12.6. The topological polar surface area (TPSA) is 61.4 Å². The Morgan fingerprint density at radius 2 is 2.04 bits per heavy atom. The maximum atomic E-state index is 12.6. The highest BCUT2D eigenvalue weighted by Crippen LogP contribution is 2.26. The third-order valence-corrected chi connectivity index (χ3v) is 4.78. The van der Waals surface area contributed by atoms with Crippen LogP contribution in [-0.2, 0) is 9.59 Å². The second-order valence-electron chi connectivity index (χ2n) is 6.48. The number of halogens is 1. The van der Waals surface area contributed by atoms with Gasteiger partial charge in [-0.25, -0.2) is 0 Å². The molecule has 1 heterocycles. The van der Waals surface area contributed by atoms with Gasteiger partial charge in [0.05, 0.1) is 17.3 Å². The van der Waals surface area contributed by atoms with Crippen molar-refractivity contribution in [3.05, 3.63) is 64.7 Å². The monoisotopic (exact) mass is 371 g/mol. The van der Waals surface area contributed by atoms with Crippen LogP contribution >= 0.6 is 11.6 Å². The zero-order valence-electron chi connectivity index (χ0n) is 14.7. The predicted octanol–water partition coefficient (Wildman–Crippen LogP) is 3.15. The molecule has 2 amide bonds. The van der Waals surface area contributed by atoms with E-state index in [0.29, 0.717) is 30.2 Å². The molecule has 2 aromatic carbocycles. The Kier molecular flexibility index (Phi) is 5.91. The Labute approximate surface area is 158 Å². The summed E-state index contributed by atoms with van der Waals surface area (Å²) >= 11 is 6.20. The summed E-state index contributed by atoms with van der Waals surface area (Å²) in [5.74, 6) is -0.144. The molecule has 2 N–H and O–H groups in total. The number of amides is 2. The van der Waals surface area contributed by atoms with Crippen molar-refractivity contribution in [3.8, 4) is 0 Å². The van der Waals surface area contributed by atoms with Gasteiger partial charge in [-0.3, -0.25) is 14.5 Å². The fourth-order valence-corrected chi connectivity index (χ4v) is 3.44. The molecule has 0 spiro atoms. The van der Waals surface area contributed by atoms with Crippen molar-refractivity contribution < 1.29 is 9.59 Å². The highest BCUT2D eigenvalue weighted by Gasteiger charge is 2.27. The quantitative estimate of drug-likeness (QED) is 0.867. The molecule has 0 bridgehead atoms. The van der Waals surface area contributed by atoms with Crippen LogP contribution in [0.3, 0.4) is 0 Å². The summed E-state index contributed by atoms with van der Waals surface area (Å²) in [5.41, 5.74) is 2.67. The van der Waals surface area contributed by atoms with Gasteiger partial charge in [-0.2, -0.15) is 0 Å². The Bertz CT molecular complexity index is 795. The van der Waals surface area contributed by atoms with E-state index in [4.69, 9.17) is 11.6 Å². The molecule has 2 aromatic rings. The van der Waals surface area contributed by atoms with E-state index in [-0.39, 0.29) is 24.4 Å². The molecule has 1 unspecified atom stereocenters. The Balaban J connectivity index is 1.74. The molecule has 136 valence electrons. The number of carbonyl (C=O) groups is 2. The number of benzene rings is 2. The van der Waals surface area contributed by atoms with Crippen molar-refractivity contribution in [3.63, 3.8) is 0 Å².